The third-order valence-corrected chi connectivity index (χ3v) is 5.96. The number of methoxy groups -OCH3 is 1. The molecule has 2 N–H and O–H groups in total. The Balaban J connectivity index is 2.30. The number of piperidine rings is 1. The molecule has 2 heterocycles. The van der Waals surface area contributed by atoms with Gasteiger partial charge in [-0.1, -0.05) is 0 Å². The number of hydrogen-bond donors (Lipinski definition) is 2. The van der Waals surface area contributed by atoms with Crippen LogP contribution in [0.15, 0.2) is 9.31 Å². The van der Waals surface area contributed by atoms with Gasteiger partial charge in [-0.25, -0.2) is 17.9 Å². The Kier molecular flexibility index (Phi) is 5.49. The Morgan fingerprint density at radius 1 is 1.39 bits per heavy atom. The Labute approximate surface area is 136 Å². The van der Waals surface area contributed by atoms with E-state index in [0.29, 0.717) is 0 Å². The molecule has 1 aliphatic rings. The first-order valence-electron chi connectivity index (χ1n) is 7.69. The molecule has 0 aliphatic carbocycles. The number of nitrogens with one attached hydrogen (secondary N) is 2. The second kappa shape index (κ2) is 7.02. The lowest BCUT2D eigenvalue weighted by atomic mass is 9.94. The first kappa shape index (κ1) is 18.0. The van der Waals surface area contributed by atoms with Crippen LogP contribution in [-0.4, -0.2) is 40.6 Å². The summed E-state index contributed by atoms with van der Waals surface area (Å²) >= 11 is 0. The first-order chi connectivity index (χ1) is 10.8. The van der Waals surface area contributed by atoms with Gasteiger partial charge in [0, 0.05) is 6.04 Å². The van der Waals surface area contributed by atoms with E-state index in [4.69, 9.17) is 4.42 Å². The van der Waals surface area contributed by atoms with E-state index in [9.17, 15) is 13.2 Å². The van der Waals surface area contributed by atoms with Crippen LogP contribution in [0, 0.1) is 19.8 Å². The predicted octanol–water partition coefficient (Wildman–Crippen LogP) is 1.35. The molecule has 2 unspecified atom stereocenters. The van der Waals surface area contributed by atoms with Crippen molar-refractivity contribution in [1.29, 1.82) is 0 Å². The third kappa shape index (κ3) is 3.76. The van der Waals surface area contributed by atoms with Crippen molar-refractivity contribution >= 4 is 16.0 Å². The van der Waals surface area contributed by atoms with Crippen LogP contribution in [0.25, 0.3) is 0 Å². The van der Waals surface area contributed by atoms with E-state index < -0.39 is 16.0 Å². The smallest absolute Gasteiger partial charge is 0.342 e. The van der Waals surface area contributed by atoms with Gasteiger partial charge in [-0.3, -0.25) is 0 Å². The minimum atomic E-state index is -3.88. The van der Waals surface area contributed by atoms with E-state index in [2.05, 4.69) is 14.8 Å². The lowest BCUT2D eigenvalue weighted by molar-refractivity contribution is 0.0594. The lowest BCUT2D eigenvalue weighted by Gasteiger charge is -2.28. The average Bonchev–Trinajstić information content (AvgIpc) is 2.82. The molecular formula is C15H24N2O5S. The van der Waals surface area contributed by atoms with Gasteiger partial charge in [-0.05, 0) is 52.6 Å². The molecule has 0 radical (unpaired) electrons. The normalized spacial score (nSPS) is 20.3. The second-order valence-electron chi connectivity index (χ2n) is 5.93. The molecule has 0 amide bonds. The maximum absolute atomic E-state index is 12.8. The number of aryl methyl sites for hydroxylation is 2. The highest BCUT2D eigenvalue weighted by Crippen LogP contribution is 2.28. The summed E-state index contributed by atoms with van der Waals surface area (Å²) in [5, 5.41) is 3.27. The minimum Gasteiger partial charge on any atom is -0.465 e. The van der Waals surface area contributed by atoms with Crippen LogP contribution in [0.4, 0.5) is 0 Å². The summed E-state index contributed by atoms with van der Waals surface area (Å²) in [6, 6.07) is -0.243. The molecule has 2 atom stereocenters. The van der Waals surface area contributed by atoms with Crippen molar-refractivity contribution in [1.82, 2.24) is 10.0 Å². The standard InChI is InChI=1S/C15H24N2O5S/c1-9(12-6-5-7-16-8-12)17-23(19,20)14-11(3)22-10(2)13(14)15(18)21-4/h9,12,16-17H,5-8H2,1-4H3. The number of furan rings is 1. The van der Waals surface area contributed by atoms with Crippen LogP contribution >= 0.6 is 0 Å². The van der Waals surface area contributed by atoms with Crippen LogP contribution < -0.4 is 10.0 Å². The zero-order valence-corrected chi connectivity index (χ0v) is 14.7. The van der Waals surface area contributed by atoms with Crippen molar-refractivity contribution in [2.24, 2.45) is 5.92 Å². The number of carbonyl (C=O) groups excluding carboxylic acids is 1. The molecule has 0 spiro atoms. The quantitative estimate of drug-likeness (QED) is 0.783. The van der Waals surface area contributed by atoms with E-state index in [0.717, 1.165) is 25.9 Å². The Bertz CT molecular complexity index is 674. The number of ether oxygens (including phenoxy) is 1. The third-order valence-electron chi connectivity index (χ3n) is 4.25. The van der Waals surface area contributed by atoms with Crippen molar-refractivity contribution < 1.29 is 22.4 Å². The van der Waals surface area contributed by atoms with Crippen molar-refractivity contribution in [3.05, 3.63) is 17.1 Å². The summed E-state index contributed by atoms with van der Waals surface area (Å²) in [5.41, 5.74) is -0.0357. The fraction of sp³-hybridized carbons (Fsp3) is 0.667. The molecule has 23 heavy (non-hydrogen) atoms. The maximum Gasteiger partial charge on any atom is 0.342 e. The topological polar surface area (TPSA) is 97.6 Å². The van der Waals surface area contributed by atoms with Gasteiger partial charge >= 0.3 is 5.97 Å². The molecular weight excluding hydrogens is 320 g/mol. The molecule has 1 aromatic heterocycles. The molecule has 1 aromatic rings. The van der Waals surface area contributed by atoms with Crippen LogP contribution in [0.1, 0.15) is 41.6 Å². The van der Waals surface area contributed by atoms with Crippen molar-refractivity contribution in [3.8, 4) is 0 Å². The van der Waals surface area contributed by atoms with E-state index in [-0.39, 0.29) is 33.9 Å². The van der Waals surface area contributed by atoms with Crippen LogP contribution in [0.5, 0.6) is 0 Å². The lowest BCUT2D eigenvalue weighted by Crippen LogP contribution is -2.44. The average molecular weight is 344 g/mol. The molecule has 1 saturated heterocycles. The molecule has 0 saturated carbocycles. The predicted molar refractivity (Wildman–Crippen MR) is 84.9 cm³/mol. The summed E-state index contributed by atoms with van der Waals surface area (Å²) in [4.78, 5) is 11.8. The van der Waals surface area contributed by atoms with Gasteiger partial charge in [0.05, 0.1) is 7.11 Å². The molecule has 1 aliphatic heterocycles. The molecule has 8 heteroatoms. The fourth-order valence-electron chi connectivity index (χ4n) is 3.03. The Morgan fingerprint density at radius 3 is 2.65 bits per heavy atom. The summed E-state index contributed by atoms with van der Waals surface area (Å²) in [5.74, 6) is -0.0776. The molecule has 1 fully saturated rings. The second-order valence-corrected chi connectivity index (χ2v) is 7.58. The highest BCUT2D eigenvalue weighted by atomic mass is 32.2. The highest BCUT2D eigenvalue weighted by Gasteiger charge is 2.33. The Morgan fingerprint density at radius 2 is 2.09 bits per heavy atom. The van der Waals surface area contributed by atoms with Gasteiger partial charge in [0.2, 0.25) is 10.0 Å². The monoisotopic (exact) mass is 344 g/mol. The zero-order chi connectivity index (χ0) is 17.2. The van der Waals surface area contributed by atoms with Crippen molar-refractivity contribution in [2.75, 3.05) is 20.2 Å². The van der Waals surface area contributed by atoms with Crippen molar-refractivity contribution in [3.63, 3.8) is 0 Å². The van der Waals surface area contributed by atoms with Gasteiger partial charge in [0.25, 0.3) is 0 Å². The summed E-state index contributed by atoms with van der Waals surface area (Å²) in [6.45, 7) is 6.66. The largest absolute Gasteiger partial charge is 0.465 e. The number of esters is 1. The Hall–Kier alpha value is -1.38. The number of rotatable bonds is 5. The number of hydrogen-bond acceptors (Lipinski definition) is 6. The molecule has 7 nitrogen and oxygen atoms in total. The SMILES string of the molecule is COC(=O)c1c(C)oc(C)c1S(=O)(=O)NC(C)C1CCCNC1. The number of carbonyl (C=O) groups is 1. The van der Waals surface area contributed by atoms with Crippen LogP contribution in [-0.2, 0) is 14.8 Å². The van der Waals surface area contributed by atoms with Gasteiger partial charge in [0.15, 0.2) is 0 Å². The van der Waals surface area contributed by atoms with Gasteiger partial charge in [-0.15, -0.1) is 0 Å². The van der Waals surface area contributed by atoms with E-state index in [1.54, 1.807) is 6.92 Å². The minimum absolute atomic E-state index is 0.0357. The van der Waals surface area contributed by atoms with Gasteiger partial charge in [0.1, 0.15) is 22.0 Å². The summed E-state index contributed by atoms with van der Waals surface area (Å²) in [7, 11) is -2.66. The zero-order valence-electron chi connectivity index (χ0n) is 13.9. The first-order valence-corrected chi connectivity index (χ1v) is 9.17. The van der Waals surface area contributed by atoms with E-state index in [1.807, 2.05) is 6.92 Å². The van der Waals surface area contributed by atoms with Crippen LogP contribution in [0.3, 0.4) is 0 Å². The fourth-order valence-corrected chi connectivity index (χ4v) is 4.75. The van der Waals surface area contributed by atoms with Gasteiger partial charge in [-0.2, -0.15) is 0 Å². The number of sulfonamides is 1. The maximum atomic E-state index is 12.8. The summed E-state index contributed by atoms with van der Waals surface area (Å²) < 4.78 is 38.2. The summed E-state index contributed by atoms with van der Waals surface area (Å²) in [6.07, 6.45) is 1.98. The van der Waals surface area contributed by atoms with Crippen LogP contribution in [0.2, 0.25) is 0 Å². The molecule has 130 valence electrons. The van der Waals surface area contributed by atoms with Gasteiger partial charge < -0.3 is 14.5 Å². The van der Waals surface area contributed by atoms with E-state index >= 15 is 0 Å². The molecule has 0 bridgehead atoms. The molecule has 0 aromatic carbocycles. The van der Waals surface area contributed by atoms with E-state index in [1.165, 1.54) is 14.0 Å². The van der Waals surface area contributed by atoms with Crippen molar-refractivity contribution in [2.45, 2.75) is 44.6 Å². The molecule has 2 rings (SSSR count). The highest BCUT2D eigenvalue weighted by molar-refractivity contribution is 7.89.